The van der Waals surface area contributed by atoms with E-state index in [1.807, 2.05) is 5.32 Å². The van der Waals surface area contributed by atoms with Gasteiger partial charge in [0.15, 0.2) is 6.61 Å². The van der Waals surface area contributed by atoms with Crippen LogP contribution in [-0.2, 0) is 9.59 Å². The fourth-order valence-electron chi connectivity index (χ4n) is 1.47. The fraction of sp³-hybridized carbons (Fsp3) is 0.333. The number of nitrogens with zero attached hydrogens (tertiary/aromatic N) is 1. The summed E-state index contributed by atoms with van der Waals surface area (Å²) >= 11 is 0. The van der Waals surface area contributed by atoms with Crippen molar-refractivity contribution < 1.29 is 33.1 Å². The summed E-state index contributed by atoms with van der Waals surface area (Å²) in [7, 11) is 0. The number of aliphatic carboxylic acids is 1. The van der Waals surface area contributed by atoms with Crippen LogP contribution >= 0.6 is 0 Å². The van der Waals surface area contributed by atoms with E-state index in [2.05, 4.69) is 0 Å². The van der Waals surface area contributed by atoms with E-state index in [1.54, 1.807) is 0 Å². The molecule has 0 heterocycles. The molecule has 0 aliphatic rings. The number of nitro groups is 1. The number of halogens is 2. The van der Waals surface area contributed by atoms with E-state index in [4.69, 9.17) is 9.84 Å². The second kappa shape index (κ2) is 7.86. The van der Waals surface area contributed by atoms with Gasteiger partial charge in [-0.05, 0) is 6.07 Å². The molecule has 1 aromatic rings. The summed E-state index contributed by atoms with van der Waals surface area (Å²) < 4.78 is 29.3. The molecule has 10 heteroatoms. The highest BCUT2D eigenvalue weighted by Gasteiger charge is 2.24. The van der Waals surface area contributed by atoms with Crippen LogP contribution < -0.4 is 10.1 Å². The molecular weight excluding hydrogens is 306 g/mol. The summed E-state index contributed by atoms with van der Waals surface area (Å²) in [6.45, 7) is -0.659. The Morgan fingerprint density at radius 3 is 2.64 bits per heavy atom. The lowest BCUT2D eigenvalue weighted by atomic mass is 10.2. The fourth-order valence-corrected chi connectivity index (χ4v) is 1.47. The van der Waals surface area contributed by atoms with Crippen molar-refractivity contribution in [3.63, 3.8) is 0 Å². The Balaban J connectivity index is 2.56. The number of ether oxygens (including phenoxy) is 1. The highest BCUT2D eigenvalue weighted by molar-refractivity contribution is 5.84. The maximum absolute atomic E-state index is 12.2. The number of benzene rings is 1. The number of non-ortho nitro benzene ring substituents is 1. The zero-order valence-corrected chi connectivity index (χ0v) is 11.1. The van der Waals surface area contributed by atoms with Gasteiger partial charge in [0.1, 0.15) is 11.8 Å². The Morgan fingerprint density at radius 1 is 1.41 bits per heavy atom. The van der Waals surface area contributed by atoms with E-state index < -0.39 is 42.3 Å². The zero-order valence-electron chi connectivity index (χ0n) is 11.1. The third-order valence-corrected chi connectivity index (χ3v) is 2.45. The summed E-state index contributed by atoms with van der Waals surface area (Å²) in [6, 6.07) is 3.24. The first-order chi connectivity index (χ1) is 10.3. The SMILES string of the molecule is O=C(COc1cccc([N+](=O)[O-])c1)NC(CC(F)F)C(=O)O. The summed E-state index contributed by atoms with van der Waals surface area (Å²) in [6.07, 6.45) is -3.92. The first kappa shape index (κ1) is 17.3. The quantitative estimate of drug-likeness (QED) is 0.549. The number of carbonyl (C=O) groups is 2. The van der Waals surface area contributed by atoms with Crippen LogP contribution in [-0.4, -0.2) is 41.0 Å². The van der Waals surface area contributed by atoms with Crippen molar-refractivity contribution in [1.82, 2.24) is 5.32 Å². The van der Waals surface area contributed by atoms with Gasteiger partial charge in [0, 0.05) is 12.5 Å². The molecule has 0 spiro atoms. The average molecular weight is 318 g/mol. The van der Waals surface area contributed by atoms with Crippen molar-refractivity contribution in [3.8, 4) is 5.75 Å². The normalized spacial score (nSPS) is 11.8. The summed E-state index contributed by atoms with van der Waals surface area (Å²) in [5, 5.41) is 21.1. The van der Waals surface area contributed by atoms with Crippen LogP contribution in [0.15, 0.2) is 24.3 Å². The Hall–Kier alpha value is -2.78. The molecule has 120 valence electrons. The molecule has 1 amide bonds. The number of nitro benzene ring substituents is 1. The van der Waals surface area contributed by atoms with Crippen molar-refractivity contribution in [2.45, 2.75) is 18.9 Å². The monoisotopic (exact) mass is 318 g/mol. The van der Waals surface area contributed by atoms with Crippen molar-refractivity contribution in [2.24, 2.45) is 0 Å². The number of nitrogens with one attached hydrogen (secondary N) is 1. The van der Waals surface area contributed by atoms with E-state index in [9.17, 15) is 28.5 Å². The number of carboxylic acids is 1. The predicted molar refractivity (Wildman–Crippen MR) is 68.8 cm³/mol. The number of rotatable bonds is 8. The second-order valence-electron chi connectivity index (χ2n) is 4.13. The average Bonchev–Trinajstić information content (AvgIpc) is 2.44. The van der Waals surface area contributed by atoms with Crippen LogP contribution in [0.5, 0.6) is 5.75 Å². The second-order valence-corrected chi connectivity index (χ2v) is 4.13. The van der Waals surface area contributed by atoms with Gasteiger partial charge >= 0.3 is 5.97 Å². The molecule has 0 radical (unpaired) electrons. The highest BCUT2D eigenvalue weighted by Crippen LogP contribution is 2.18. The molecule has 0 bridgehead atoms. The van der Waals surface area contributed by atoms with E-state index in [-0.39, 0.29) is 11.4 Å². The molecule has 1 unspecified atom stereocenters. The number of hydrogen-bond donors (Lipinski definition) is 2. The molecule has 22 heavy (non-hydrogen) atoms. The Bertz CT molecular complexity index is 566. The first-order valence-corrected chi connectivity index (χ1v) is 5.97. The highest BCUT2D eigenvalue weighted by atomic mass is 19.3. The van der Waals surface area contributed by atoms with Gasteiger partial charge < -0.3 is 15.2 Å². The number of carbonyl (C=O) groups excluding carboxylic acids is 1. The van der Waals surface area contributed by atoms with Crippen LogP contribution in [0.1, 0.15) is 6.42 Å². The van der Waals surface area contributed by atoms with E-state index in [0.717, 1.165) is 6.07 Å². The third kappa shape index (κ3) is 5.69. The Morgan fingerprint density at radius 2 is 2.09 bits per heavy atom. The molecule has 1 atom stereocenters. The Labute approximate surface area is 122 Å². The molecule has 8 nitrogen and oxygen atoms in total. The lowest BCUT2D eigenvalue weighted by Gasteiger charge is -2.14. The van der Waals surface area contributed by atoms with Gasteiger partial charge in [-0.25, -0.2) is 13.6 Å². The minimum atomic E-state index is -2.89. The molecule has 0 saturated carbocycles. The number of hydrogen-bond acceptors (Lipinski definition) is 5. The minimum absolute atomic E-state index is 0.0186. The standard InChI is InChI=1S/C12H12F2N2O6/c13-10(14)5-9(12(18)19)15-11(17)6-22-8-3-1-2-7(4-8)16(20)21/h1-4,9-10H,5-6H2,(H,15,17)(H,18,19). The van der Waals surface area contributed by atoms with Crippen molar-refractivity contribution >= 4 is 17.6 Å². The lowest BCUT2D eigenvalue weighted by Crippen LogP contribution is -2.44. The molecule has 2 N–H and O–H groups in total. The van der Waals surface area contributed by atoms with Crippen LogP contribution in [0.4, 0.5) is 14.5 Å². The topological polar surface area (TPSA) is 119 Å². The van der Waals surface area contributed by atoms with E-state index in [1.165, 1.54) is 18.2 Å². The van der Waals surface area contributed by atoms with Gasteiger partial charge in [-0.3, -0.25) is 14.9 Å². The zero-order chi connectivity index (χ0) is 16.7. The van der Waals surface area contributed by atoms with Gasteiger partial charge in [0.05, 0.1) is 11.0 Å². The Kier molecular flexibility index (Phi) is 6.17. The number of amides is 1. The molecule has 0 aliphatic heterocycles. The molecule has 0 fully saturated rings. The van der Waals surface area contributed by atoms with Gasteiger partial charge in [0.25, 0.3) is 11.6 Å². The lowest BCUT2D eigenvalue weighted by molar-refractivity contribution is -0.384. The van der Waals surface area contributed by atoms with Crippen LogP contribution in [0.25, 0.3) is 0 Å². The van der Waals surface area contributed by atoms with Crippen LogP contribution in [0.3, 0.4) is 0 Å². The molecule has 0 saturated heterocycles. The van der Waals surface area contributed by atoms with Crippen LogP contribution in [0.2, 0.25) is 0 Å². The molecule has 1 aromatic carbocycles. The molecule has 0 aromatic heterocycles. The third-order valence-electron chi connectivity index (χ3n) is 2.45. The smallest absolute Gasteiger partial charge is 0.326 e. The maximum Gasteiger partial charge on any atom is 0.326 e. The first-order valence-electron chi connectivity index (χ1n) is 5.97. The number of carboxylic acid groups (broad SMARTS) is 1. The van der Waals surface area contributed by atoms with Gasteiger partial charge in [0.2, 0.25) is 6.43 Å². The van der Waals surface area contributed by atoms with Crippen LogP contribution in [0, 0.1) is 10.1 Å². The van der Waals surface area contributed by atoms with Gasteiger partial charge in [-0.15, -0.1) is 0 Å². The van der Waals surface area contributed by atoms with Gasteiger partial charge in [-0.2, -0.15) is 0 Å². The van der Waals surface area contributed by atoms with Crippen molar-refractivity contribution in [2.75, 3.05) is 6.61 Å². The van der Waals surface area contributed by atoms with E-state index in [0.29, 0.717) is 0 Å². The summed E-state index contributed by atoms with van der Waals surface area (Å²) in [5.41, 5.74) is -0.251. The predicted octanol–water partition coefficient (Wildman–Crippen LogP) is 1.20. The molecular formula is C12H12F2N2O6. The molecule has 0 aliphatic carbocycles. The minimum Gasteiger partial charge on any atom is -0.484 e. The maximum atomic E-state index is 12.2. The summed E-state index contributed by atoms with van der Waals surface area (Å²) in [5.74, 6) is -2.51. The van der Waals surface area contributed by atoms with Crippen molar-refractivity contribution in [1.29, 1.82) is 0 Å². The van der Waals surface area contributed by atoms with Crippen molar-refractivity contribution in [3.05, 3.63) is 34.4 Å². The summed E-state index contributed by atoms with van der Waals surface area (Å²) in [4.78, 5) is 32.0. The van der Waals surface area contributed by atoms with E-state index >= 15 is 0 Å². The number of alkyl halides is 2. The largest absolute Gasteiger partial charge is 0.484 e. The molecule has 1 rings (SSSR count). The van der Waals surface area contributed by atoms with Gasteiger partial charge in [-0.1, -0.05) is 6.07 Å².